The van der Waals surface area contributed by atoms with Crippen molar-refractivity contribution in [3.63, 3.8) is 0 Å². The van der Waals surface area contributed by atoms with Gasteiger partial charge in [-0.3, -0.25) is 10.1 Å². The number of aliphatic carboxylic acids is 1. The van der Waals surface area contributed by atoms with Crippen LogP contribution in [0, 0.1) is 0 Å². The zero-order valence-corrected chi connectivity index (χ0v) is 14.8. The number of unbranched alkanes of at least 4 members (excludes halogenated alkanes) is 3. The molecule has 0 saturated carbocycles. The second-order valence-corrected chi connectivity index (χ2v) is 5.65. The van der Waals surface area contributed by atoms with Crippen LogP contribution in [0.2, 0.25) is 0 Å². The molecule has 0 spiro atoms. The minimum absolute atomic E-state index is 0.0847. The Morgan fingerprint density at radius 3 is 2.38 bits per heavy atom. The van der Waals surface area contributed by atoms with Gasteiger partial charge < -0.3 is 5.11 Å². The number of hydrogen-bond acceptors (Lipinski definition) is 3. The van der Waals surface area contributed by atoms with Crippen molar-refractivity contribution < 1.29 is 20.0 Å². The summed E-state index contributed by atoms with van der Waals surface area (Å²) in [6.45, 7) is 2.21. The van der Waals surface area contributed by atoms with Gasteiger partial charge in [-0.05, 0) is 38.5 Å². The lowest BCUT2D eigenvalue weighted by Gasteiger charge is -2.06. The first kappa shape index (κ1) is 22.4. The average Bonchev–Trinajstić information content (AvgIpc) is 2.57. The molecule has 0 amide bonds. The van der Waals surface area contributed by atoms with Crippen molar-refractivity contribution in [1.29, 1.82) is 0 Å². The van der Waals surface area contributed by atoms with E-state index in [0.29, 0.717) is 12.8 Å². The molecular formula is C20H32O4. The molecule has 1 atom stereocenters. The molecule has 0 aliphatic heterocycles. The van der Waals surface area contributed by atoms with Gasteiger partial charge in [-0.25, -0.2) is 4.89 Å². The largest absolute Gasteiger partial charge is 0.481 e. The molecular weight excluding hydrogens is 304 g/mol. The van der Waals surface area contributed by atoms with Crippen LogP contribution in [-0.2, 0) is 9.68 Å². The molecule has 0 rings (SSSR count). The van der Waals surface area contributed by atoms with E-state index in [-0.39, 0.29) is 6.42 Å². The number of hydrogen-bond donors (Lipinski definition) is 2. The van der Waals surface area contributed by atoms with Crippen molar-refractivity contribution in [3.8, 4) is 0 Å². The maximum absolute atomic E-state index is 10.4. The lowest BCUT2D eigenvalue weighted by atomic mass is 10.1. The third-order valence-corrected chi connectivity index (χ3v) is 3.44. The molecule has 0 aliphatic carbocycles. The van der Waals surface area contributed by atoms with Crippen LogP contribution in [0.4, 0.5) is 0 Å². The van der Waals surface area contributed by atoms with Crippen LogP contribution in [0.3, 0.4) is 0 Å². The quantitative estimate of drug-likeness (QED) is 0.133. The van der Waals surface area contributed by atoms with Gasteiger partial charge in [0.1, 0.15) is 6.10 Å². The molecule has 0 radical (unpaired) electrons. The van der Waals surface area contributed by atoms with Crippen molar-refractivity contribution in [2.75, 3.05) is 0 Å². The molecule has 24 heavy (non-hydrogen) atoms. The topological polar surface area (TPSA) is 66.8 Å². The van der Waals surface area contributed by atoms with Gasteiger partial charge in [0.15, 0.2) is 0 Å². The van der Waals surface area contributed by atoms with Gasteiger partial charge in [-0.1, -0.05) is 68.4 Å². The van der Waals surface area contributed by atoms with Gasteiger partial charge in [-0.15, -0.1) is 0 Å². The Balaban J connectivity index is 3.74. The highest BCUT2D eigenvalue weighted by molar-refractivity contribution is 5.66. The third-order valence-electron chi connectivity index (χ3n) is 3.44. The van der Waals surface area contributed by atoms with Crippen LogP contribution in [0.15, 0.2) is 48.6 Å². The van der Waals surface area contributed by atoms with Gasteiger partial charge in [0, 0.05) is 6.42 Å². The van der Waals surface area contributed by atoms with E-state index < -0.39 is 12.1 Å². The molecule has 4 nitrogen and oxygen atoms in total. The summed E-state index contributed by atoms with van der Waals surface area (Å²) < 4.78 is 0. The SMILES string of the molecule is CCCCC/C=C\C/C=C\C/C=C\C=C\C(CCCC(=O)O)OO. The smallest absolute Gasteiger partial charge is 0.303 e. The normalized spacial score (nSPS) is 13.8. The standard InChI is InChI=1S/C20H32O4/c1-2-3-4-5-6-7-8-9-10-11-12-13-14-16-19(24-23)17-15-18-20(21)22/h6-7,9-10,12-14,16,19,23H,2-5,8,11,15,17-18H2,1H3,(H,21,22)/b7-6-,10-9-,13-12-,16-14+. The van der Waals surface area contributed by atoms with Crippen molar-refractivity contribution >= 4 is 5.97 Å². The Hall–Kier alpha value is -1.65. The molecule has 0 aromatic carbocycles. The van der Waals surface area contributed by atoms with Crippen LogP contribution in [0.1, 0.15) is 64.7 Å². The highest BCUT2D eigenvalue weighted by Crippen LogP contribution is 2.06. The van der Waals surface area contributed by atoms with E-state index in [1.165, 1.54) is 25.7 Å². The lowest BCUT2D eigenvalue weighted by molar-refractivity contribution is -0.267. The van der Waals surface area contributed by atoms with E-state index in [1.807, 2.05) is 18.2 Å². The minimum Gasteiger partial charge on any atom is -0.481 e. The van der Waals surface area contributed by atoms with Crippen LogP contribution < -0.4 is 0 Å². The Bertz CT molecular complexity index is 408. The van der Waals surface area contributed by atoms with Gasteiger partial charge in [-0.2, -0.15) is 0 Å². The summed E-state index contributed by atoms with van der Waals surface area (Å²) >= 11 is 0. The molecule has 0 aromatic heterocycles. The Morgan fingerprint density at radius 1 is 1.00 bits per heavy atom. The second kappa shape index (κ2) is 17.7. The van der Waals surface area contributed by atoms with Crippen LogP contribution in [0.25, 0.3) is 0 Å². The summed E-state index contributed by atoms with van der Waals surface area (Å²) in [5.41, 5.74) is 0. The predicted molar refractivity (Wildman–Crippen MR) is 98.9 cm³/mol. The first-order chi connectivity index (χ1) is 11.7. The zero-order valence-electron chi connectivity index (χ0n) is 14.8. The van der Waals surface area contributed by atoms with Crippen molar-refractivity contribution in [2.24, 2.45) is 0 Å². The zero-order chi connectivity index (χ0) is 17.9. The fraction of sp³-hybridized carbons (Fsp3) is 0.550. The molecule has 0 aliphatic rings. The van der Waals surface area contributed by atoms with E-state index in [1.54, 1.807) is 6.08 Å². The van der Waals surface area contributed by atoms with Gasteiger partial charge >= 0.3 is 5.97 Å². The molecule has 1 unspecified atom stereocenters. The summed E-state index contributed by atoms with van der Waals surface area (Å²) in [5.74, 6) is -0.835. The third kappa shape index (κ3) is 16.7. The van der Waals surface area contributed by atoms with Crippen molar-refractivity contribution in [2.45, 2.75) is 70.8 Å². The Labute approximate surface area is 146 Å². The monoisotopic (exact) mass is 336 g/mol. The molecule has 0 saturated heterocycles. The molecule has 2 N–H and O–H groups in total. The maximum atomic E-state index is 10.4. The van der Waals surface area contributed by atoms with Crippen molar-refractivity contribution in [3.05, 3.63) is 48.6 Å². The number of allylic oxidation sites excluding steroid dienone is 7. The molecule has 136 valence electrons. The van der Waals surface area contributed by atoms with Crippen LogP contribution >= 0.6 is 0 Å². The maximum Gasteiger partial charge on any atom is 0.303 e. The van der Waals surface area contributed by atoms with Crippen LogP contribution in [-0.4, -0.2) is 22.4 Å². The van der Waals surface area contributed by atoms with Gasteiger partial charge in [0.25, 0.3) is 0 Å². The molecule has 0 fully saturated rings. The van der Waals surface area contributed by atoms with E-state index in [4.69, 9.17) is 10.4 Å². The van der Waals surface area contributed by atoms with Gasteiger partial charge in [0.05, 0.1) is 0 Å². The summed E-state index contributed by atoms with van der Waals surface area (Å²) in [7, 11) is 0. The number of rotatable bonds is 15. The molecule has 0 aromatic rings. The van der Waals surface area contributed by atoms with E-state index in [9.17, 15) is 4.79 Å². The highest BCUT2D eigenvalue weighted by atomic mass is 17.1. The first-order valence-corrected chi connectivity index (χ1v) is 8.86. The lowest BCUT2D eigenvalue weighted by Crippen LogP contribution is -2.08. The van der Waals surface area contributed by atoms with Crippen molar-refractivity contribution in [1.82, 2.24) is 0 Å². The van der Waals surface area contributed by atoms with E-state index in [0.717, 1.165) is 12.8 Å². The number of carboxylic acid groups (broad SMARTS) is 1. The fourth-order valence-corrected chi connectivity index (χ4v) is 2.06. The number of carboxylic acids is 1. The summed E-state index contributed by atoms with van der Waals surface area (Å²) in [4.78, 5) is 14.7. The summed E-state index contributed by atoms with van der Waals surface area (Å²) in [6.07, 6.45) is 23.6. The fourth-order valence-electron chi connectivity index (χ4n) is 2.06. The average molecular weight is 336 g/mol. The summed E-state index contributed by atoms with van der Waals surface area (Å²) in [6, 6.07) is 0. The molecule has 0 bridgehead atoms. The second-order valence-electron chi connectivity index (χ2n) is 5.65. The highest BCUT2D eigenvalue weighted by Gasteiger charge is 2.05. The molecule has 4 heteroatoms. The Morgan fingerprint density at radius 2 is 1.71 bits per heavy atom. The number of carbonyl (C=O) groups is 1. The van der Waals surface area contributed by atoms with Crippen LogP contribution in [0.5, 0.6) is 0 Å². The minimum atomic E-state index is -0.835. The molecule has 0 heterocycles. The first-order valence-electron chi connectivity index (χ1n) is 8.86. The Kier molecular flexibility index (Phi) is 16.5. The predicted octanol–water partition coefficient (Wildman–Crippen LogP) is 5.68. The van der Waals surface area contributed by atoms with Gasteiger partial charge in [0.2, 0.25) is 0 Å². The van der Waals surface area contributed by atoms with E-state index in [2.05, 4.69) is 36.1 Å². The summed E-state index contributed by atoms with van der Waals surface area (Å²) in [5, 5.41) is 17.3. The van der Waals surface area contributed by atoms with E-state index >= 15 is 0 Å².